The number of sulfone groups is 1. The molecule has 0 amide bonds. The minimum Gasteiger partial charge on any atom is -0.302 e. The van der Waals surface area contributed by atoms with E-state index < -0.39 is 9.84 Å². The minimum absolute atomic E-state index is 0.405. The summed E-state index contributed by atoms with van der Waals surface area (Å²) in [6, 6.07) is 8.03. The first-order valence-corrected chi connectivity index (χ1v) is 9.52. The molecule has 5 heteroatoms. The molecule has 0 aromatic heterocycles. The predicted molar refractivity (Wildman–Crippen MR) is 84.0 cm³/mol. The van der Waals surface area contributed by atoms with E-state index in [0.29, 0.717) is 10.9 Å². The number of fused-ring (bicyclic) bond motifs is 4. The van der Waals surface area contributed by atoms with E-state index in [2.05, 4.69) is 16.8 Å². The molecule has 0 spiro atoms. The van der Waals surface area contributed by atoms with Crippen molar-refractivity contribution in [2.75, 3.05) is 32.9 Å². The van der Waals surface area contributed by atoms with E-state index >= 15 is 0 Å². The lowest BCUT2D eigenvalue weighted by atomic mass is 9.96. The van der Waals surface area contributed by atoms with Crippen LogP contribution in [0.2, 0.25) is 0 Å². The summed E-state index contributed by atoms with van der Waals surface area (Å²) in [5.41, 5.74) is 1.20. The first kappa shape index (κ1) is 15.0. The molecule has 1 aromatic rings. The van der Waals surface area contributed by atoms with E-state index in [1.54, 1.807) is 12.1 Å². The summed E-state index contributed by atoms with van der Waals surface area (Å²) in [5.74, 6) is 0.782. The molecule has 3 saturated heterocycles. The van der Waals surface area contributed by atoms with Crippen LogP contribution in [0.1, 0.15) is 18.4 Å². The van der Waals surface area contributed by atoms with Gasteiger partial charge in [0.25, 0.3) is 0 Å². The smallest absolute Gasteiger partial charge is 0.175 e. The number of nitrogens with zero attached hydrogens (tertiary/aromatic N) is 2. The van der Waals surface area contributed by atoms with E-state index in [-0.39, 0.29) is 0 Å². The summed E-state index contributed by atoms with van der Waals surface area (Å²) in [6.07, 6.45) is 3.91. The van der Waals surface area contributed by atoms with Crippen molar-refractivity contribution in [2.45, 2.75) is 30.3 Å². The van der Waals surface area contributed by atoms with Crippen molar-refractivity contribution in [2.24, 2.45) is 5.92 Å². The average molecular weight is 308 g/mol. The van der Waals surface area contributed by atoms with Crippen LogP contribution in [-0.2, 0) is 16.4 Å². The van der Waals surface area contributed by atoms with E-state index in [4.69, 9.17) is 0 Å². The summed E-state index contributed by atoms with van der Waals surface area (Å²) in [4.78, 5) is 5.43. The van der Waals surface area contributed by atoms with Crippen LogP contribution in [0.3, 0.4) is 0 Å². The molecule has 21 heavy (non-hydrogen) atoms. The topological polar surface area (TPSA) is 40.6 Å². The lowest BCUT2D eigenvalue weighted by Crippen LogP contribution is -2.40. The highest BCUT2D eigenvalue weighted by Gasteiger charge is 2.32. The molecule has 3 aliphatic rings. The van der Waals surface area contributed by atoms with Crippen molar-refractivity contribution < 1.29 is 8.42 Å². The molecule has 3 heterocycles. The second-order valence-corrected chi connectivity index (χ2v) is 8.66. The number of likely N-dealkylation sites (N-methyl/N-ethyl adjacent to an activating group) is 1. The lowest BCUT2D eigenvalue weighted by Gasteiger charge is -2.32. The molecule has 1 aromatic carbocycles. The molecule has 4 nitrogen and oxygen atoms in total. The second kappa shape index (κ2) is 5.71. The van der Waals surface area contributed by atoms with E-state index in [1.807, 2.05) is 12.1 Å². The van der Waals surface area contributed by atoms with E-state index in [9.17, 15) is 8.42 Å². The summed E-state index contributed by atoms with van der Waals surface area (Å²) in [6.45, 7) is 4.43. The molecule has 0 unspecified atom stereocenters. The monoisotopic (exact) mass is 308 g/mol. The van der Waals surface area contributed by atoms with Crippen LogP contribution in [-0.4, -0.2) is 57.2 Å². The number of hydrogen-bond acceptors (Lipinski definition) is 4. The van der Waals surface area contributed by atoms with Gasteiger partial charge in [-0.15, -0.1) is 0 Å². The van der Waals surface area contributed by atoms with Crippen LogP contribution >= 0.6 is 0 Å². The zero-order valence-electron chi connectivity index (χ0n) is 12.8. The quantitative estimate of drug-likeness (QED) is 0.851. The maximum atomic E-state index is 11.5. The fraction of sp³-hybridized carbons (Fsp3) is 0.625. The van der Waals surface area contributed by atoms with Crippen LogP contribution in [0.4, 0.5) is 0 Å². The van der Waals surface area contributed by atoms with Crippen LogP contribution in [0.5, 0.6) is 0 Å². The Hall–Kier alpha value is -0.910. The van der Waals surface area contributed by atoms with Crippen molar-refractivity contribution >= 4 is 9.84 Å². The van der Waals surface area contributed by atoms with Crippen LogP contribution < -0.4 is 0 Å². The van der Waals surface area contributed by atoms with Crippen molar-refractivity contribution in [3.05, 3.63) is 29.8 Å². The molecule has 0 N–H and O–H groups in total. The van der Waals surface area contributed by atoms with Gasteiger partial charge in [0.2, 0.25) is 0 Å². The fourth-order valence-electron chi connectivity index (χ4n) is 3.64. The maximum Gasteiger partial charge on any atom is 0.175 e. The first-order valence-electron chi connectivity index (χ1n) is 7.63. The van der Waals surface area contributed by atoms with Gasteiger partial charge in [0, 0.05) is 38.5 Å². The van der Waals surface area contributed by atoms with Crippen molar-refractivity contribution in [3.63, 3.8) is 0 Å². The Morgan fingerprint density at radius 2 is 1.81 bits per heavy atom. The van der Waals surface area contributed by atoms with Gasteiger partial charge in [-0.2, -0.15) is 0 Å². The number of piperidine rings is 1. The molecular weight excluding hydrogens is 284 g/mol. The van der Waals surface area contributed by atoms with Gasteiger partial charge in [-0.1, -0.05) is 12.1 Å². The highest BCUT2D eigenvalue weighted by Crippen LogP contribution is 2.27. The highest BCUT2D eigenvalue weighted by atomic mass is 32.2. The Balaban J connectivity index is 1.69. The van der Waals surface area contributed by atoms with Crippen molar-refractivity contribution in [3.8, 4) is 0 Å². The molecule has 4 rings (SSSR count). The van der Waals surface area contributed by atoms with Gasteiger partial charge >= 0.3 is 0 Å². The molecule has 116 valence electrons. The summed E-state index contributed by atoms with van der Waals surface area (Å²) < 4.78 is 23.0. The third-order valence-electron chi connectivity index (χ3n) is 4.82. The minimum atomic E-state index is -3.09. The molecule has 0 radical (unpaired) electrons. The SMILES string of the molecule is CN1C[C@H]2CC[C@@H]1CN(Cc1ccc(S(C)(=O)=O)cc1)C2. The Labute approximate surface area is 127 Å². The van der Waals surface area contributed by atoms with Crippen molar-refractivity contribution in [1.82, 2.24) is 9.80 Å². The van der Waals surface area contributed by atoms with Gasteiger partial charge in [0.1, 0.15) is 0 Å². The highest BCUT2D eigenvalue weighted by molar-refractivity contribution is 7.90. The summed E-state index contributed by atoms with van der Waals surface area (Å²) >= 11 is 0. The Bertz CT molecular complexity index is 597. The molecule has 0 saturated carbocycles. The van der Waals surface area contributed by atoms with E-state index in [0.717, 1.165) is 25.6 Å². The lowest BCUT2D eigenvalue weighted by molar-refractivity contribution is 0.165. The van der Waals surface area contributed by atoms with E-state index in [1.165, 1.54) is 31.2 Å². The maximum absolute atomic E-state index is 11.5. The van der Waals surface area contributed by atoms with Crippen LogP contribution in [0, 0.1) is 5.92 Å². The van der Waals surface area contributed by atoms with Gasteiger partial charge < -0.3 is 4.90 Å². The zero-order chi connectivity index (χ0) is 15.0. The molecule has 3 aliphatic heterocycles. The Morgan fingerprint density at radius 1 is 1.10 bits per heavy atom. The van der Waals surface area contributed by atoms with Gasteiger partial charge in [-0.05, 0) is 43.5 Å². The van der Waals surface area contributed by atoms with Crippen LogP contribution in [0.15, 0.2) is 29.2 Å². The second-order valence-electron chi connectivity index (χ2n) is 6.65. The fourth-order valence-corrected chi connectivity index (χ4v) is 4.27. The predicted octanol–water partition coefficient (Wildman–Crippen LogP) is 1.62. The number of benzene rings is 1. The molecule has 2 atom stereocenters. The average Bonchev–Trinajstić information content (AvgIpc) is 2.68. The molecule has 2 bridgehead atoms. The first-order chi connectivity index (χ1) is 9.91. The summed E-state index contributed by atoms with van der Waals surface area (Å²) in [7, 11) is -0.856. The Morgan fingerprint density at radius 3 is 2.43 bits per heavy atom. The van der Waals surface area contributed by atoms with Gasteiger partial charge in [-0.3, -0.25) is 4.90 Å². The molecule has 3 fully saturated rings. The van der Waals surface area contributed by atoms with Gasteiger partial charge in [0.15, 0.2) is 9.84 Å². The normalized spacial score (nSPS) is 27.7. The third-order valence-corrected chi connectivity index (χ3v) is 5.95. The molecular formula is C16H24N2O2S. The van der Waals surface area contributed by atoms with Crippen molar-refractivity contribution in [1.29, 1.82) is 0 Å². The standard InChI is InChI=1S/C16H24N2O2S/c1-17-9-14-3-6-15(17)12-18(11-14)10-13-4-7-16(8-5-13)21(2,19)20/h4-5,7-8,14-15H,3,6,9-12H2,1-2H3/t14-,15-/m1/s1. The molecule has 0 aliphatic carbocycles. The summed E-state index contributed by atoms with van der Waals surface area (Å²) in [5, 5.41) is 0. The largest absolute Gasteiger partial charge is 0.302 e. The third kappa shape index (κ3) is 3.47. The zero-order valence-corrected chi connectivity index (χ0v) is 13.6. The van der Waals surface area contributed by atoms with Gasteiger partial charge in [-0.25, -0.2) is 8.42 Å². The number of rotatable bonds is 3. The van der Waals surface area contributed by atoms with Crippen LogP contribution in [0.25, 0.3) is 0 Å². The Kier molecular flexibility index (Phi) is 4.08. The number of hydrogen-bond donors (Lipinski definition) is 0. The van der Waals surface area contributed by atoms with Gasteiger partial charge in [0.05, 0.1) is 4.90 Å².